The van der Waals surface area contributed by atoms with Crippen molar-refractivity contribution in [3.05, 3.63) is 33.3 Å². The third-order valence-electron chi connectivity index (χ3n) is 5.89. The molecule has 154 valence electrons. The lowest BCUT2D eigenvalue weighted by Crippen LogP contribution is -2.40. The van der Waals surface area contributed by atoms with Gasteiger partial charge >= 0.3 is 6.18 Å². The summed E-state index contributed by atoms with van der Waals surface area (Å²) >= 11 is 7.60. The molecule has 3 nitrogen and oxygen atoms in total. The first-order valence-electron chi connectivity index (χ1n) is 9.91. The Morgan fingerprint density at radius 1 is 1.14 bits per heavy atom. The molecule has 0 saturated carbocycles. The number of alkyl halides is 3. The third kappa shape index (κ3) is 4.10. The Morgan fingerprint density at radius 3 is 2.48 bits per heavy atom. The van der Waals surface area contributed by atoms with Crippen molar-refractivity contribution in [2.45, 2.75) is 51.1 Å². The highest BCUT2D eigenvalue weighted by molar-refractivity contribution is 7.19. The molecule has 2 aliphatic rings. The van der Waals surface area contributed by atoms with E-state index in [9.17, 15) is 18.4 Å². The highest BCUT2D eigenvalue weighted by atomic mass is 35.5. The van der Waals surface area contributed by atoms with E-state index in [0.717, 1.165) is 53.8 Å². The van der Waals surface area contributed by atoms with Crippen LogP contribution >= 0.6 is 22.9 Å². The molecule has 0 amide bonds. The number of aryl methyl sites for hydroxylation is 1. The zero-order valence-corrected chi connectivity index (χ0v) is 17.4. The molecule has 3 heterocycles. The van der Waals surface area contributed by atoms with Gasteiger partial charge in [0.15, 0.2) is 0 Å². The van der Waals surface area contributed by atoms with Gasteiger partial charge in [-0.05, 0) is 56.2 Å². The number of hydrogen-bond donors (Lipinski definition) is 0. The van der Waals surface area contributed by atoms with Crippen LogP contribution in [0.5, 0.6) is 0 Å². The summed E-state index contributed by atoms with van der Waals surface area (Å²) in [6.45, 7) is 0.518. The van der Waals surface area contributed by atoms with Crippen LogP contribution in [0, 0.1) is 17.2 Å². The van der Waals surface area contributed by atoms with Crippen molar-refractivity contribution in [1.82, 2.24) is 4.98 Å². The minimum Gasteiger partial charge on any atom is -0.355 e. The molecule has 0 bridgehead atoms. The predicted molar refractivity (Wildman–Crippen MR) is 110 cm³/mol. The van der Waals surface area contributed by atoms with Crippen LogP contribution in [0.1, 0.15) is 48.9 Å². The zero-order chi connectivity index (χ0) is 20.6. The number of piperidine rings is 1. The molecule has 2 aromatic heterocycles. The van der Waals surface area contributed by atoms with Gasteiger partial charge in [0, 0.05) is 29.2 Å². The molecule has 29 heavy (non-hydrogen) atoms. The zero-order valence-electron chi connectivity index (χ0n) is 15.9. The van der Waals surface area contributed by atoms with Crippen LogP contribution in [-0.4, -0.2) is 24.2 Å². The summed E-state index contributed by atoms with van der Waals surface area (Å²) in [5.41, 5.74) is 3.43. The molecule has 1 saturated heterocycles. The van der Waals surface area contributed by atoms with Crippen molar-refractivity contribution < 1.29 is 13.2 Å². The molecular formula is C21H21ClF3N3S. The second kappa shape index (κ2) is 8.16. The molecule has 1 aliphatic carbocycles. The number of hydrogen-bond acceptors (Lipinski definition) is 4. The number of halogens is 4. The molecule has 0 N–H and O–H groups in total. The highest BCUT2D eigenvalue weighted by Crippen LogP contribution is 2.42. The van der Waals surface area contributed by atoms with Crippen molar-refractivity contribution in [1.29, 1.82) is 5.26 Å². The smallest absolute Gasteiger partial charge is 0.355 e. The topological polar surface area (TPSA) is 39.9 Å². The van der Waals surface area contributed by atoms with Gasteiger partial charge in [0.1, 0.15) is 17.5 Å². The van der Waals surface area contributed by atoms with Crippen molar-refractivity contribution in [3.63, 3.8) is 0 Å². The Balaban J connectivity index is 1.79. The predicted octanol–water partition coefficient (Wildman–Crippen LogP) is 6.38. The quantitative estimate of drug-likeness (QED) is 0.509. The largest absolute Gasteiger partial charge is 0.391 e. The summed E-state index contributed by atoms with van der Waals surface area (Å²) in [5, 5.41) is 10.0. The van der Waals surface area contributed by atoms with E-state index in [0.29, 0.717) is 15.7 Å². The molecule has 0 radical (unpaired) electrons. The van der Waals surface area contributed by atoms with Gasteiger partial charge in [0.05, 0.1) is 10.3 Å². The highest BCUT2D eigenvalue weighted by Gasteiger charge is 2.41. The summed E-state index contributed by atoms with van der Waals surface area (Å²) < 4.78 is 39.9. The lowest BCUT2D eigenvalue weighted by atomic mass is 9.93. The minimum atomic E-state index is -4.16. The molecule has 1 aliphatic heterocycles. The maximum absolute atomic E-state index is 13.1. The Labute approximate surface area is 177 Å². The van der Waals surface area contributed by atoms with E-state index in [-0.39, 0.29) is 25.9 Å². The molecule has 0 spiro atoms. The first kappa shape index (κ1) is 20.5. The molecule has 0 atom stereocenters. The Bertz CT molecular complexity index is 940. The van der Waals surface area contributed by atoms with E-state index < -0.39 is 12.1 Å². The molecule has 8 heteroatoms. The van der Waals surface area contributed by atoms with Gasteiger partial charge in [-0.3, -0.25) is 0 Å². The number of thiophene rings is 1. The van der Waals surface area contributed by atoms with Gasteiger partial charge in [-0.1, -0.05) is 18.0 Å². The summed E-state index contributed by atoms with van der Waals surface area (Å²) in [7, 11) is 0. The third-order valence-corrected chi connectivity index (χ3v) is 7.14. The van der Waals surface area contributed by atoms with Crippen molar-refractivity contribution in [2.24, 2.45) is 5.92 Å². The van der Waals surface area contributed by atoms with Gasteiger partial charge in [0.25, 0.3) is 0 Å². The number of nitrogens with zero attached hydrogens (tertiary/aromatic N) is 3. The van der Waals surface area contributed by atoms with E-state index in [1.165, 1.54) is 11.3 Å². The summed E-state index contributed by atoms with van der Waals surface area (Å²) in [6, 6.07) is 6.06. The fourth-order valence-electron chi connectivity index (χ4n) is 4.38. The summed E-state index contributed by atoms with van der Waals surface area (Å²) in [6.07, 6.45) is 0.783. The average Bonchev–Trinajstić information content (AvgIpc) is 2.98. The Morgan fingerprint density at radius 2 is 1.86 bits per heavy atom. The first-order valence-corrected chi connectivity index (χ1v) is 11.1. The van der Waals surface area contributed by atoms with Crippen LogP contribution < -0.4 is 4.90 Å². The number of rotatable bonds is 2. The number of nitriles is 1. The van der Waals surface area contributed by atoms with Crippen molar-refractivity contribution in [2.75, 3.05) is 18.0 Å². The number of aromatic nitrogens is 1. The number of fused-ring (bicyclic) bond motifs is 1. The monoisotopic (exact) mass is 439 g/mol. The van der Waals surface area contributed by atoms with Gasteiger partial charge in [-0.2, -0.15) is 18.4 Å². The molecule has 4 rings (SSSR count). The van der Waals surface area contributed by atoms with Gasteiger partial charge in [-0.25, -0.2) is 4.98 Å². The fourth-order valence-corrected chi connectivity index (χ4v) is 5.50. The van der Waals surface area contributed by atoms with Crippen LogP contribution in [0.15, 0.2) is 12.1 Å². The average molecular weight is 440 g/mol. The summed E-state index contributed by atoms with van der Waals surface area (Å²) in [4.78, 5) is 7.64. The van der Waals surface area contributed by atoms with Crippen LogP contribution in [0.4, 0.5) is 19.0 Å². The fraction of sp³-hybridized carbons (Fsp3) is 0.524. The normalized spacial score (nSPS) is 18.2. The van der Waals surface area contributed by atoms with Crippen molar-refractivity contribution in [3.8, 4) is 16.5 Å². The van der Waals surface area contributed by atoms with Crippen LogP contribution in [0.25, 0.3) is 10.4 Å². The second-order valence-electron chi connectivity index (χ2n) is 7.69. The maximum atomic E-state index is 13.1. The van der Waals surface area contributed by atoms with Crippen LogP contribution in [0.2, 0.25) is 4.34 Å². The maximum Gasteiger partial charge on any atom is 0.391 e. The van der Waals surface area contributed by atoms with E-state index in [1.807, 2.05) is 17.0 Å². The van der Waals surface area contributed by atoms with Crippen LogP contribution in [-0.2, 0) is 12.8 Å². The minimum absolute atomic E-state index is 0.0350. The molecular weight excluding hydrogens is 419 g/mol. The van der Waals surface area contributed by atoms with E-state index in [1.54, 1.807) is 0 Å². The standard InChI is InChI=1S/C21H21ClF3N3S/c22-18-7-6-17(29-18)19-14-4-2-1-3-5-16(14)27-20(15(19)12-26)28-10-8-13(9-11-28)21(23,24)25/h6-7,13H,1-5,8-11H2. The van der Waals surface area contributed by atoms with Gasteiger partial charge in [-0.15, -0.1) is 11.3 Å². The second-order valence-corrected chi connectivity index (χ2v) is 9.40. The lowest BCUT2D eigenvalue weighted by Gasteiger charge is -2.34. The SMILES string of the molecule is N#Cc1c(N2CCC(C(F)(F)F)CC2)nc2c(c1-c1ccc(Cl)s1)CCCCC2. The lowest BCUT2D eigenvalue weighted by molar-refractivity contribution is -0.179. The first-order chi connectivity index (χ1) is 13.9. The molecule has 2 aromatic rings. The number of pyridine rings is 1. The van der Waals surface area contributed by atoms with E-state index >= 15 is 0 Å². The molecule has 1 fully saturated rings. The van der Waals surface area contributed by atoms with Gasteiger partial charge < -0.3 is 4.90 Å². The number of anilines is 1. The van der Waals surface area contributed by atoms with Crippen LogP contribution in [0.3, 0.4) is 0 Å². The summed E-state index contributed by atoms with van der Waals surface area (Å²) in [5.74, 6) is -0.742. The van der Waals surface area contributed by atoms with Gasteiger partial charge in [0.2, 0.25) is 0 Å². The Hall–Kier alpha value is -1.78. The van der Waals surface area contributed by atoms with E-state index in [2.05, 4.69) is 6.07 Å². The molecule has 0 unspecified atom stereocenters. The Kier molecular flexibility index (Phi) is 5.76. The van der Waals surface area contributed by atoms with E-state index in [4.69, 9.17) is 16.6 Å². The molecule has 0 aromatic carbocycles. The van der Waals surface area contributed by atoms with Crippen molar-refractivity contribution >= 4 is 28.8 Å².